The lowest BCUT2D eigenvalue weighted by Gasteiger charge is -2.39. The Balaban J connectivity index is 2.14. The number of rotatable bonds is 3. The molecule has 0 bridgehead atoms. The van der Waals surface area contributed by atoms with Crippen LogP contribution in [0.15, 0.2) is 22.8 Å². The second kappa shape index (κ2) is 6.18. The molecule has 0 unspecified atom stereocenters. The number of hydrogen-bond donors (Lipinski definition) is 2. The molecule has 0 saturated heterocycles. The summed E-state index contributed by atoms with van der Waals surface area (Å²) in [6, 6.07) is 3.47. The molecule has 2 rings (SSSR count). The van der Waals surface area contributed by atoms with Crippen LogP contribution in [0.1, 0.15) is 43.1 Å². The van der Waals surface area contributed by atoms with Crippen molar-refractivity contribution in [1.29, 1.82) is 0 Å². The highest BCUT2D eigenvalue weighted by Crippen LogP contribution is 2.32. The molecule has 108 valence electrons. The molecule has 20 heavy (non-hydrogen) atoms. The molecule has 0 aliphatic heterocycles. The van der Waals surface area contributed by atoms with Crippen LogP contribution < -0.4 is 11.1 Å². The summed E-state index contributed by atoms with van der Waals surface area (Å²) in [5, 5.41) is 3.01. The zero-order valence-electron chi connectivity index (χ0n) is 11.4. The average Bonchev–Trinajstić information content (AvgIpc) is 2.42. The molecule has 1 aliphatic carbocycles. The van der Waals surface area contributed by atoms with E-state index in [-0.39, 0.29) is 5.91 Å². The number of halogens is 1. The van der Waals surface area contributed by atoms with Crippen LogP contribution in [0.2, 0.25) is 0 Å². The van der Waals surface area contributed by atoms with Gasteiger partial charge in [0.05, 0.1) is 10.5 Å². The third-order valence-corrected chi connectivity index (χ3v) is 4.77. The molecule has 1 aromatic rings. The zero-order valence-corrected chi connectivity index (χ0v) is 13.8. The smallest absolute Gasteiger partial charge is 0.270 e. The Labute approximate surface area is 132 Å². The van der Waals surface area contributed by atoms with Gasteiger partial charge < -0.3 is 11.1 Å². The number of thiocarbonyl (C=S) groups is 1. The van der Waals surface area contributed by atoms with Crippen LogP contribution in [0, 0.1) is 5.92 Å². The van der Waals surface area contributed by atoms with E-state index >= 15 is 0 Å². The minimum atomic E-state index is -0.562. The van der Waals surface area contributed by atoms with Crippen LogP contribution in [-0.4, -0.2) is 21.4 Å². The highest BCUT2D eigenvalue weighted by atomic mass is 79.9. The van der Waals surface area contributed by atoms with Crippen LogP contribution in [-0.2, 0) is 0 Å². The van der Waals surface area contributed by atoms with Gasteiger partial charge in [-0.2, -0.15) is 0 Å². The number of nitrogens with two attached hydrogens (primary N) is 1. The molecule has 1 saturated carbocycles. The second-order valence-electron chi connectivity index (χ2n) is 5.44. The number of aromatic nitrogens is 1. The quantitative estimate of drug-likeness (QED) is 0.818. The van der Waals surface area contributed by atoms with Crippen molar-refractivity contribution in [1.82, 2.24) is 10.3 Å². The van der Waals surface area contributed by atoms with Crippen molar-refractivity contribution >= 4 is 39.0 Å². The first-order chi connectivity index (χ1) is 9.43. The van der Waals surface area contributed by atoms with Crippen LogP contribution in [0.3, 0.4) is 0 Å². The maximum Gasteiger partial charge on any atom is 0.270 e. The fourth-order valence-electron chi connectivity index (χ4n) is 2.48. The van der Waals surface area contributed by atoms with Crippen molar-refractivity contribution in [3.63, 3.8) is 0 Å². The topological polar surface area (TPSA) is 68.0 Å². The van der Waals surface area contributed by atoms with Gasteiger partial charge in [-0.1, -0.05) is 19.1 Å². The average molecular weight is 356 g/mol. The van der Waals surface area contributed by atoms with Gasteiger partial charge in [-0.15, -0.1) is 0 Å². The van der Waals surface area contributed by atoms with Crippen molar-refractivity contribution in [2.75, 3.05) is 0 Å². The van der Waals surface area contributed by atoms with Gasteiger partial charge in [0.2, 0.25) is 0 Å². The Morgan fingerprint density at radius 3 is 2.65 bits per heavy atom. The monoisotopic (exact) mass is 355 g/mol. The third-order valence-electron chi connectivity index (χ3n) is 3.91. The maximum absolute atomic E-state index is 12.3. The largest absolute Gasteiger partial charge is 0.391 e. The first-order valence-electron chi connectivity index (χ1n) is 6.67. The van der Waals surface area contributed by atoms with Gasteiger partial charge >= 0.3 is 0 Å². The number of carbonyl (C=O) groups is 1. The lowest BCUT2D eigenvalue weighted by molar-refractivity contribution is 0.0895. The Hall–Kier alpha value is -1.01. The van der Waals surface area contributed by atoms with Crippen molar-refractivity contribution in [3.8, 4) is 0 Å². The number of hydrogen-bond acceptors (Lipinski definition) is 3. The Bertz CT molecular complexity index is 510. The summed E-state index contributed by atoms with van der Waals surface area (Å²) in [7, 11) is 0. The molecule has 1 heterocycles. The van der Waals surface area contributed by atoms with Gasteiger partial charge in [-0.05, 0) is 59.7 Å². The predicted molar refractivity (Wildman–Crippen MR) is 86.6 cm³/mol. The number of carbonyl (C=O) groups excluding carboxylic acids is 1. The van der Waals surface area contributed by atoms with Crippen molar-refractivity contribution in [2.45, 2.75) is 38.1 Å². The van der Waals surface area contributed by atoms with Crippen molar-refractivity contribution < 1.29 is 4.79 Å². The standard InChI is InChI=1S/C14H18BrN3OS/c1-9-4-6-14(7-5-9,13(16)20)18-12(19)11-3-2-10(15)8-17-11/h2-3,8-9H,4-7H2,1H3,(H2,16,20)(H,18,19). The molecule has 6 heteroatoms. The van der Waals surface area contributed by atoms with E-state index in [2.05, 4.69) is 33.2 Å². The van der Waals surface area contributed by atoms with Gasteiger partial charge in [-0.25, -0.2) is 4.98 Å². The molecule has 0 spiro atoms. The van der Waals surface area contributed by atoms with E-state index in [0.29, 0.717) is 16.6 Å². The SMILES string of the molecule is CC1CCC(NC(=O)c2ccc(Br)cn2)(C(N)=S)CC1. The highest BCUT2D eigenvalue weighted by Gasteiger charge is 2.38. The summed E-state index contributed by atoms with van der Waals surface area (Å²) in [5.74, 6) is 0.431. The lowest BCUT2D eigenvalue weighted by atomic mass is 9.77. The molecule has 0 atom stereocenters. The molecule has 1 fully saturated rings. The van der Waals surface area contributed by atoms with E-state index in [1.807, 2.05) is 0 Å². The van der Waals surface area contributed by atoms with Gasteiger partial charge in [-0.3, -0.25) is 4.79 Å². The van der Waals surface area contributed by atoms with Crippen LogP contribution in [0.5, 0.6) is 0 Å². The summed E-state index contributed by atoms with van der Waals surface area (Å²) in [6.45, 7) is 2.21. The summed E-state index contributed by atoms with van der Waals surface area (Å²) in [5.41, 5.74) is 5.70. The second-order valence-corrected chi connectivity index (χ2v) is 6.80. The van der Waals surface area contributed by atoms with Crippen LogP contribution in [0.25, 0.3) is 0 Å². The van der Waals surface area contributed by atoms with E-state index < -0.39 is 5.54 Å². The number of pyridine rings is 1. The molecule has 1 aliphatic rings. The molecule has 3 N–H and O–H groups in total. The predicted octanol–water partition coefficient (Wildman–Crippen LogP) is 2.81. The number of nitrogens with zero attached hydrogens (tertiary/aromatic N) is 1. The molecule has 1 amide bonds. The Kier molecular flexibility index (Phi) is 4.75. The number of amides is 1. The Morgan fingerprint density at radius 2 is 2.15 bits per heavy atom. The van der Waals surface area contributed by atoms with E-state index in [1.54, 1.807) is 18.3 Å². The van der Waals surface area contributed by atoms with Crippen molar-refractivity contribution in [3.05, 3.63) is 28.5 Å². The molecule has 0 aromatic carbocycles. The highest BCUT2D eigenvalue weighted by molar-refractivity contribution is 9.10. The summed E-state index contributed by atoms with van der Waals surface area (Å²) < 4.78 is 0.838. The third kappa shape index (κ3) is 3.35. The maximum atomic E-state index is 12.3. The molecule has 1 aromatic heterocycles. The first kappa shape index (κ1) is 15.4. The van der Waals surface area contributed by atoms with Crippen LogP contribution in [0.4, 0.5) is 0 Å². The van der Waals surface area contributed by atoms with Crippen LogP contribution >= 0.6 is 28.1 Å². The normalized spacial score (nSPS) is 26.0. The van der Waals surface area contributed by atoms with E-state index in [1.165, 1.54) is 0 Å². The summed E-state index contributed by atoms with van der Waals surface area (Å²) in [6.07, 6.45) is 5.24. The number of nitrogens with one attached hydrogen (secondary N) is 1. The first-order valence-corrected chi connectivity index (χ1v) is 7.87. The van der Waals surface area contributed by atoms with E-state index in [9.17, 15) is 4.79 Å². The molecule has 0 radical (unpaired) electrons. The van der Waals surface area contributed by atoms with Gasteiger partial charge in [0.15, 0.2) is 0 Å². The minimum Gasteiger partial charge on any atom is -0.391 e. The molecular weight excluding hydrogens is 338 g/mol. The minimum absolute atomic E-state index is 0.222. The summed E-state index contributed by atoms with van der Waals surface area (Å²) in [4.78, 5) is 16.8. The fourth-order valence-corrected chi connectivity index (χ4v) is 2.97. The van der Waals surface area contributed by atoms with Gasteiger partial charge in [0.1, 0.15) is 5.69 Å². The molecular formula is C14H18BrN3OS. The van der Waals surface area contributed by atoms with Gasteiger partial charge in [0, 0.05) is 10.7 Å². The van der Waals surface area contributed by atoms with Gasteiger partial charge in [0.25, 0.3) is 5.91 Å². The lowest BCUT2D eigenvalue weighted by Crippen LogP contribution is -2.58. The van der Waals surface area contributed by atoms with Crippen molar-refractivity contribution in [2.24, 2.45) is 11.7 Å². The zero-order chi connectivity index (χ0) is 14.8. The fraction of sp³-hybridized carbons (Fsp3) is 0.500. The molecule has 4 nitrogen and oxygen atoms in total. The van der Waals surface area contributed by atoms with E-state index in [4.69, 9.17) is 18.0 Å². The van der Waals surface area contributed by atoms with E-state index in [0.717, 1.165) is 30.2 Å². The summed E-state index contributed by atoms with van der Waals surface area (Å²) >= 11 is 8.49. The Morgan fingerprint density at radius 1 is 1.50 bits per heavy atom.